The molecule has 3 fully saturated rings. The van der Waals surface area contributed by atoms with Gasteiger partial charge in [-0.1, -0.05) is 37.8 Å². The third kappa shape index (κ3) is 8.08. The van der Waals surface area contributed by atoms with Gasteiger partial charge in [0.05, 0.1) is 32.7 Å². The Morgan fingerprint density at radius 1 is 1.16 bits per heavy atom. The molecule has 0 bridgehead atoms. The summed E-state index contributed by atoms with van der Waals surface area (Å²) < 4.78 is 38.4. The quantitative estimate of drug-likeness (QED) is 0.276. The summed E-state index contributed by atoms with van der Waals surface area (Å²) in [6, 6.07) is 5.79. The number of Topliss-reactive ketones (excluding diaryl/α,β-unsaturated/α-hetero) is 1. The molecule has 2 aliphatic heterocycles. The molecule has 0 radical (unpaired) electrons. The van der Waals surface area contributed by atoms with Crippen LogP contribution in [0.5, 0.6) is 5.75 Å². The molecule has 0 aromatic heterocycles. The second-order valence-corrected chi connectivity index (χ2v) is 12.6. The van der Waals surface area contributed by atoms with Crippen LogP contribution >= 0.6 is 0 Å². The lowest BCUT2D eigenvalue weighted by atomic mass is 9.69. The standard InChI is InChI=1S/C31H44F2N4O6/c1-20(35-25(38)17-37-14-6-13-30(32,33)18-37)27(40)36-31(28(34)41,16-22-9-11-23(42-3)12-10-22)24(15-21-7-4-5-8-21)26(39)29(2)19-43-29/h9-12,20-21,24H,4-8,13-19H2,1-3H3,(H2,34,41)(H,35,38)(H,36,40)/t20-,24+,29+,31?/m0/s1. The lowest BCUT2D eigenvalue weighted by Crippen LogP contribution is -2.68. The summed E-state index contributed by atoms with van der Waals surface area (Å²) in [5, 5.41) is 5.38. The first-order valence-electron chi connectivity index (χ1n) is 15.1. The average Bonchev–Trinajstić information content (AvgIpc) is 3.48. The van der Waals surface area contributed by atoms with E-state index in [1.807, 2.05) is 0 Å². The van der Waals surface area contributed by atoms with Crippen molar-refractivity contribution in [3.05, 3.63) is 29.8 Å². The van der Waals surface area contributed by atoms with Crippen molar-refractivity contribution < 1.29 is 37.4 Å². The van der Waals surface area contributed by atoms with Gasteiger partial charge in [0.2, 0.25) is 17.7 Å². The minimum atomic E-state index is -2.87. The van der Waals surface area contributed by atoms with Gasteiger partial charge >= 0.3 is 0 Å². The molecule has 4 atom stereocenters. The molecule has 0 spiro atoms. The van der Waals surface area contributed by atoms with Crippen molar-refractivity contribution in [3.63, 3.8) is 0 Å². The van der Waals surface area contributed by atoms with E-state index in [0.717, 1.165) is 25.7 Å². The Kier molecular flexibility index (Phi) is 10.1. The molecule has 1 aliphatic carbocycles. The van der Waals surface area contributed by atoms with Crippen molar-refractivity contribution >= 4 is 23.5 Å². The molecule has 2 saturated heterocycles. The Morgan fingerprint density at radius 2 is 1.81 bits per heavy atom. The van der Waals surface area contributed by atoms with Gasteiger partial charge in [-0.15, -0.1) is 0 Å². The monoisotopic (exact) mass is 606 g/mol. The van der Waals surface area contributed by atoms with Crippen LogP contribution in [0.15, 0.2) is 24.3 Å². The molecule has 4 N–H and O–H groups in total. The van der Waals surface area contributed by atoms with Crippen LogP contribution in [0, 0.1) is 11.8 Å². The van der Waals surface area contributed by atoms with E-state index in [1.165, 1.54) is 18.9 Å². The van der Waals surface area contributed by atoms with Gasteiger partial charge in [-0.05, 0) is 56.8 Å². The number of piperidine rings is 1. The number of rotatable bonds is 14. The Hall–Kier alpha value is -3.12. The van der Waals surface area contributed by atoms with Crippen LogP contribution < -0.4 is 21.1 Å². The summed E-state index contributed by atoms with van der Waals surface area (Å²) in [4.78, 5) is 55.4. The zero-order valence-corrected chi connectivity index (χ0v) is 25.3. The molecule has 238 valence electrons. The number of methoxy groups -OCH3 is 1. The first-order chi connectivity index (χ1) is 20.3. The van der Waals surface area contributed by atoms with Crippen LogP contribution in [0.4, 0.5) is 8.78 Å². The van der Waals surface area contributed by atoms with Gasteiger partial charge in [0, 0.05) is 12.8 Å². The number of nitrogens with zero attached hydrogens (tertiary/aromatic N) is 1. The van der Waals surface area contributed by atoms with Gasteiger partial charge < -0.3 is 25.8 Å². The van der Waals surface area contributed by atoms with Crippen molar-refractivity contribution in [3.8, 4) is 5.75 Å². The molecule has 1 saturated carbocycles. The smallest absolute Gasteiger partial charge is 0.260 e. The Labute approximate surface area is 251 Å². The summed E-state index contributed by atoms with van der Waals surface area (Å²) in [7, 11) is 1.53. The fraction of sp³-hybridized carbons (Fsp3) is 0.677. The Morgan fingerprint density at radius 3 is 2.37 bits per heavy atom. The molecule has 10 nitrogen and oxygen atoms in total. The van der Waals surface area contributed by atoms with E-state index in [9.17, 15) is 28.0 Å². The molecule has 1 aromatic rings. The maximum Gasteiger partial charge on any atom is 0.260 e. The number of epoxide rings is 1. The zero-order chi connectivity index (χ0) is 31.4. The SMILES string of the molecule is COc1ccc(CC(NC(=O)[C@H](C)NC(=O)CN2CCCC(F)(F)C2)(C(N)=O)[C@H](CC2CCCC2)C(=O)[C@@]2(C)CO2)cc1. The van der Waals surface area contributed by atoms with E-state index in [1.54, 1.807) is 31.2 Å². The summed E-state index contributed by atoms with van der Waals surface area (Å²) in [6.45, 7) is 2.85. The number of primary amides is 1. The van der Waals surface area contributed by atoms with Gasteiger partial charge in [0.1, 0.15) is 22.9 Å². The molecule has 3 aliphatic rings. The average molecular weight is 607 g/mol. The number of hydrogen-bond donors (Lipinski definition) is 3. The summed E-state index contributed by atoms with van der Waals surface area (Å²) in [5.74, 6) is -5.56. The first-order valence-corrected chi connectivity index (χ1v) is 15.1. The van der Waals surface area contributed by atoms with Crippen LogP contribution in [0.25, 0.3) is 0 Å². The number of halogens is 2. The maximum absolute atomic E-state index is 14.0. The number of nitrogens with one attached hydrogen (secondary N) is 2. The second kappa shape index (κ2) is 13.3. The highest BCUT2D eigenvalue weighted by Crippen LogP contribution is 2.41. The number of carbonyl (C=O) groups excluding carboxylic acids is 4. The second-order valence-electron chi connectivity index (χ2n) is 12.6. The van der Waals surface area contributed by atoms with Gasteiger partial charge in [0.15, 0.2) is 5.78 Å². The number of nitrogens with two attached hydrogens (primary N) is 1. The maximum atomic E-state index is 14.0. The fourth-order valence-electron chi connectivity index (χ4n) is 6.44. The number of amides is 3. The highest BCUT2D eigenvalue weighted by atomic mass is 19.3. The number of alkyl halides is 2. The largest absolute Gasteiger partial charge is 0.497 e. The topological polar surface area (TPSA) is 143 Å². The molecule has 1 unspecified atom stereocenters. The first kappa shape index (κ1) is 32.8. The van der Waals surface area contributed by atoms with Crippen LogP contribution in [-0.4, -0.2) is 84.9 Å². The van der Waals surface area contributed by atoms with Crippen molar-refractivity contribution in [2.75, 3.05) is 33.4 Å². The third-order valence-corrected chi connectivity index (χ3v) is 9.09. The predicted molar refractivity (Wildman–Crippen MR) is 154 cm³/mol. The number of benzene rings is 1. The van der Waals surface area contributed by atoms with Crippen LogP contribution in [0.2, 0.25) is 0 Å². The van der Waals surface area contributed by atoms with Crippen molar-refractivity contribution in [2.24, 2.45) is 17.6 Å². The molecule has 43 heavy (non-hydrogen) atoms. The van der Waals surface area contributed by atoms with Crippen molar-refractivity contribution in [1.29, 1.82) is 0 Å². The van der Waals surface area contributed by atoms with E-state index in [-0.39, 0.29) is 44.1 Å². The van der Waals surface area contributed by atoms with E-state index >= 15 is 0 Å². The van der Waals surface area contributed by atoms with E-state index in [2.05, 4.69) is 10.6 Å². The summed E-state index contributed by atoms with van der Waals surface area (Å²) in [5.41, 5.74) is 3.86. The summed E-state index contributed by atoms with van der Waals surface area (Å²) in [6.07, 6.45) is 4.14. The van der Waals surface area contributed by atoms with Gasteiger partial charge in [0.25, 0.3) is 5.92 Å². The fourth-order valence-corrected chi connectivity index (χ4v) is 6.44. The van der Waals surface area contributed by atoms with Crippen LogP contribution in [-0.2, 0) is 30.3 Å². The summed E-state index contributed by atoms with van der Waals surface area (Å²) >= 11 is 0. The number of ether oxygens (including phenoxy) is 2. The predicted octanol–water partition coefficient (Wildman–Crippen LogP) is 2.37. The third-order valence-electron chi connectivity index (χ3n) is 9.09. The normalized spacial score (nSPS) is 24.8. The van der Waals surface area contributed by atoms with Gasteiger partial charge in [-0.25, -0.2) is 8.78 Å². The van der Waals surface area contributed by atoms with E-state index in [0.29, 0.717) is 24.3 Å². The molecule has 3 amide bonds. The Bertz CT molecular complexity index is 1190. The lowest BCUT2D eigenvalue weighted by molar-refractivity contribution is -0.142. The molecule has 12 heteroatoms. The minimum Gasteiger partial charge on any atom is -0.497 e. The van der Waals surface area contributed by atoms with E-state index in [4.69, 9.17) is 15.2 Å². The number of likely N-dealkylation sites (tertiary alicyclic amines) is 1. The van der Waals surface area contributed by atoms with E-state index < -0.39 is 53.3 Å². The van der Waals surface area contributed by atoms with Crippen LogP contribution in [0.1, 0.15) is 64.4 Å². The Balaban J connectivity index is 1.60. The molecular formula is C31H44F2N4O6. The van der Waals surface area contributed by atoms with Crippen LogP contribution in [0.3, 0.4) is 0 Å². The molecule has 4 rings (SSSR count). The van der Waals surface area contributed by atoms with Gasteiger partial charge in [-0.2, -0.15) is 0 Å². The van der Waals surface area contributed by atoms with Crippen molar-refractivity contribution in [1.82, 2.24) is 15.5 Å². The van der Waals surface area contributed by atoms with Gasteiger partial charge in [-0.3, -0.25) is 24.1 Å². The minimum absolute atomic E-state index is 0.0686. The number of carbonyl (C=O) groups is 4. The lowest BCUT2D eigenvalue weighted by Gasteiger charge is -2.41. The molecule has 2 heterocycles. The van der Waals surface area contributed by atoms with Crippen molar-refractivity contribution in [2.45, 2.75) is 88.3 Å². The highest BCUT2D eigenvalue weighted by molar-refractivity contribution is 6.01. The highest BCUT2D eigenvalue weighted by Gasteiger charge is 2.58. The molecule has 1 aromatic carbocycles. The number of hydrogen-bond acceptors (Lipinski definition) is 7. The molecular weight excluding hydrogens is 562 g/mol. The zero-order valence-electron chi connectivity index (χ0n) is 25.3. The number of ketones is 1.